The molecule has 196 valence electrons. The lowest BCUT2D eigenvalue weighted by Crippen LogP contribution is -2.65. The van der Waals surface area contributed by atoms with Crippen molar-refractivity contribution in [2.45, 2.75) is 92.8 Å². The van der Waals surface area contributed by atoms with Gasteiger partial charge in [0.25, 0.3) is 0 Å². The molecule has 0 aromatic heterocycles. The van der Waals surface area contributed by atoms with Gasteiger partial charge in [0.2, 0.25) is 5.91 Å². The maximum absolute atomic E-state index is 13.1. The maximum atomic E-state index is 13.1. The van der Waals surface area contributed by atoms with E-state index in [4.69, 9.17) is 16.3 Å². The standard InChI is InChI=1S/C26H39ClN2O5S/c1-16(27)20(24-22(31)21(30)23(32)26(34-24)35-2)29-25(33)19-13-12-18(14-15-28-19)11-7-6-10-17-8-4-3-5-9-17/h3-5,8-9,11,16,19-24,26,28,30-32H,6-7,10,12-15H2,1-2H3,(H,29,33)/b18-11+/t16-,19-,20+,21?,22?,23+,24+,26?/m0/s1. The van der Waals surface area contributed by atoms with E-state index in [0.717, 1.165) is 32.1 Å². The van der Waals surface area contributed by atoms with Crippen molar-refractivity contribution < 1.29 is 24.9 Å². The van der Waals surface area contributed by atoms with Crippen LogP contribution in [0.15, 0.2) is 42.0 Å². The van der Waals surface area contributed by atoms with Crippen molar-refractivity contribution in [3.63, 3.8) is 0 Å². The maximum Gasteiger partial charge on any atom is 0.237 e. The van der Waals surface area contributed by atoms with Gasteiger partial charge in [-0.2, -0.15) is 0 Å². The fourth-order valence-corrected chi connectivity index (χ4v) is 5.62. The minimum absolute atomic E-state index is 0.204. The molecule has 8 atom stereocenters. The highest BCUT2D eigenvalue weighted by Crippen LogP contribution is 2.30. The molecule has 9 heteroatoms. The number of hydrogen-bond donors (Lipinski definition) is 5. The Bertz CT molecular complexity index is 825. The van der Waals surface area contributed by atoms with E-state index in [9.17, 15) is 20.1 Å². The third-order valence-electron chi connectivity index (χ3n) is 6.85. The molecule has 0 radical (unpaired) electrons. The molecule has 0 spiro atoms. The van der Waals surface area contributed by atoms with E-state index >= 15 is 0 Å². The zero-order chi connectivity index (χ0) is 25.4. The first-order valence-electron chi connectivity index (χ1n) is 12.4. The van der Waals surface area contributed by atoms with Crippen LogP contribution in [0.4, 0.5) is 0 Å². The Balaban J connectivity index is 1.53. The van der Waals surface area contributed by atoms with Crippen LogP contribution in [0.5, 0.6) is 0 Å². The number of hydrogen-bond acceptors (Lipinski definition) is 7. The average molecular weight is 527 g/mol. The van der Waals surface area contributed by atoms with Crippen LogP contribution < -0.4 is 10.6 Å². The predicted octanol–water partition coefficient (Wildman–Crippen LogP) is 2.36. The third-order valence-corrected chi connectivity index (χ3v) is 7.98. The Morgan fingerprint density at radius 3 is 2.66 bits per heavy atom. The van der Waals surface area contributed by atoms with Crippen molar-refractivity contribution in [2.24, 2.45) is 0 Å². The zero-order valence-electron chi connectivity index (χ0n) is 20.5. The lowest BCUT2D eigenvalue weighted by atomic mass is 9.93. The number of aliphatic hydroxyl groups excluding tert-OH is 3. The molecule has 3 unspecified atom stereocenters. The van der Waals surface area contributed by atoms with E-state index in [-0.39, 0.29) is 11.9 Å². The molecule has 2 fully saturated rings. The SMILES string of the molecule is CSC1O[C@H]([C@H](NC(=O)[C@@H]2CC/C(=C\CCCc3ccccc3)CCN2)[C@H](C)Cl)C(O)C(O)[C@H]1O. The van der Waals surface area contributed by atoms with E-state index in [2.05, 4.69) is 41.0 Å². The molecule has 2 heterocycles. The Labute approximate surface area is 217 Å². The summed E-state index contributed by atoms with van der Waals surface area (Å²) in [6, 6.07) is 9.37. The number of allylic oxidation sites excluding steroid dienone is 1. The molecule has 5 N–H and O–H groups in total. The van der Waals surface area contributed by atoms with Crippen molar-refractivity contribution in [1.82, 2.24) is 10.6 Å². The number of aryl methyl sites for hydroxylation is 1. The summed E-state index contributed by atoms with van der Waals surface area (Å²) in [5.41, 5.74) is 2.00. The van der Waals surface area contributed by atoms with E-state index in [0.29, 0.717) is 13.0 Å². The van der Waals surface area contributed by atoms with Gasteiger partial charge in [-0.05, 0) is 63.8 Å². The summed E-state index contributed by atoms with van der Waals surface area (Å²) in [5.74, 6) is -0.204. The van der Waals surface area contributed by atoms with Crippen molar-refractivity contribution in [1.29, 1.82) is 0 Å². The summed E-state index contributed by atoms with van der Waals surface area (Å²) in [7, 11) is 0. The van der Waals surface area contributed by atoms with Gasteiger partial charge in [0.05, 0.1) is 17.5 Å². The predicted molar refractivity (Wildman–Crippen MR) is 141 cm³/mol. The number of amides is 1. The van der Waals surface area contributed by atoms with Gasteiger partial charge < -0.3 is 30.7 Å². The second-order valence-corrected chi connectivity index (χ2v) is 11.0. The van der Waals surface area contributed by atoms with E-state index in [1.165, 1.54) is 22.9 Å². The van der Waals surface area contributed by atoms with Gasteiger partial charge in [0.15, 0.2) is 0 Å². The summed E-state index contributed by atoms with van der Waals surface area (Å²) >= 11 is 7.62. The number of unbranched alkanes of at least 4 members (excludes halogenated alkanes) is 1. The van der Waals surface area contributed by atoms with E-state index in [1.54, 1.807) is 13.2 Å². The minimum Gasteiger partial charge on any atom is -0.388 e. The topological polar surface area (TPSA) is 111 Å². The fraction of sp³-hybridized carbons (Fsp3) is 0.654. The van der Waals surface area contributed by atoms with Crippen LogP contribution in [0.25, 0.3) is 0 Å². The van der Waals surface area contributed by atoms with Crippen LogP contribution in [0.1, 0.15) is 44.6 Å². The first kappa shape index (κ1) is 28.4. The van der Waals surface area contributed by atoms with Crippen LogP contribution >= 0.6 is 23.4 Å². The quantitative estimate of drug-likeness (QED) is 0.191. The Hall–Kier alpha value is -1.13. The summed E-state index contributed by atoms with van der Waals surface area (Å²) in [5, 5.41) is 36.7. The number of aliphatic hydroxyl groups is 3. The molecule has 35 heavy (non-hydrogen) atoms. The molecular weight excluding hydrogens is 488 g/mol. The van der Waals surface area contributed by atoms with E-state index in [1.807, 2.05) is 6.07 Å². The number of ether oxygens (including phenoxy) is 1. The first-order chi connectivity index (χ1) is 16.8. The molecule has 2 saturated heterocycles. The molecule has 1 aromatic carbocycles. The number of benzene rings is 1. The van der Waals surface area contributed by atoms with E-state index < -0.39 is 41.3 Å². The first-order valence-corrected chi connectivity index (χ1v) is 14.2. The van der Waals surface area contributed by atoms with Crippen molar-refractivity contribution in [3.8, 4) is 0 Å². The van der Waals surface area contributed by atoms with Crippen LogP contribution in [0.3, 0.4) is 0 Å². The number of nitrogens with one attached hydrogen (secondary N) is 2. The molecule has 0 aliphatic carbocycles. The normalized spacial score (nSPS) is 32.6. The molecule has 1 aromatic rings. The number of thioether (sulfide) groups is 1. The molecule has 2 aliphatic heterocycles. The van der Waals surface area contributed by atoms with Gasteiger partial charge in [-0.3, -0.25) is 4.79 Å². The van der Waals surface area contributed by atoms with Crippen molar-refractivity contribution in [3.05, 3.63) is 47.5 Å². The number of carbonyl (C=O) groups excluding carboxylic acids is 1. The summed E-state index contributed by atoms with van der Waals surface area (Å²) in [6.07, 6.45) is 4.76. The molecule has 0 saturated carbocycles. The Morgan fingerprint density at radius 2 is 1.97 bits per heavy atom. The number of carbonyl (C=O) groups is 1. The largest absolute Gasteiger partial charge is 0.388 e. The fourth-order valence-electron chi connectivity index (χ4n) is 4.74. The summed E-state index contributed by atoms with van der Waals surface area (Å²) in [6.45, 7) is 2.43. The Kier molecular flexibility index (Phi) is 11.4. The molecular formula is C26H39ClN2O5S. The average Bonchev–Trinajstić information content (AvgIpc) is 3.10. The summed E-state index contributed by atoms with van der Waals surface area (Å²) < 4.78 is 5.85. The minimum atomic E-state index is -1.38. The van der Waals surface area contributed by atoms with Crippen molar-refractivity contribution in [2.75, 3.05) is 12.8 Å². The van der Waals surface area contributed by atoms with Gasteiger partial charge in [-0.15, -0.1) is 23.4 Å². The lowest BCUT2D eigenvalue weighted by Gasteiger charge is -2.44. The number of alkyl halides is 1. The summed E-state index contributed by atoms with van der Waals surface area (Å²) in [4.78, 5) is 13.1. The molecule has 1 amide bonds. The molecule has 0 bridgehead atoms. The lowest BCUT2D eigenvalue weighted by molar-refractivity contribution is -0.205. The smallest absolute Gasteiger partial charge is 0.237 e. The van der Waals surface area contributed by atoms with Gasteiger partial charge in [0, 0.05) is 0 Å². The highest BCUT2D eigenvalue weighted by molar-refractivity contribution is 7.99. The van der Waals surface area contributed by atoms with Gasteiger partial charge >= 0.3 is 0 Å². The van der Waals surface area contributed by atoms with Gasteiger partial charge in [-0.1, -0.05) is 42.0 Å². The third kappa shape index (κ3) is 7.92. The van der Waals surface area contributed by atoms with Crippen LogP contribution in [0, 0.1) is 0 Å². The monoisotopic (exact) mass is 526 g/mol. The highest BCUT2D eigenvalue weighted by Gasteiger charge is 2.48. The van der Waals surface area contributed by atoms with Crippen LogP contribution in [-0.2, 0) is 16.0 Å². The molecule has 3 rings (SSSR count). The number of rotatable bonds is 9. The van der Waals surface area contributed by atoms with Gasteiger partial charge in [0.1, 0.15) is 29.9 Å². The van der Waals surface area contributed by atoms with Gasteiger partial charge in [-0.25, -0.2) is 0 Å². The highest BCUT2D eigenvalue weighted by atomic mass is 35.5. The number of halogens is 1. The van der Waals surface area contributed by atoms with Crippen molar-refractivity contribution >= 4 is 29.3 Å². The second-order valence-electron chi connectivity index (χ2n) is 9.42. The van der Waals surface area contributed by atoms with Crippen LogP contribution in [-0.4, -0.2) is 81.3 Å². The second kappa shape index (κ2) is 14.0. The molecule has 2 aliphatic rings. The molecule has 7 nitrogen and oxygen atoms in total. The zero-order valence-corrected chi connectivity index (χ0v) is 22.0. The Morgan fingerprint density at radius 1 is 1.23 bits per heavy atom. The van der Waals surface area contributed by atoms with Crippen LogP contribution in [0.2, 0.25) is 0 Å².